The van der Waals surface area contributed by atoms with E-state index in [1.165, 1.54) is 34.0 Å². The maximum absolute atomic E-state index is 13.8. The number of rotatable bonds is 5. The highest BCUT2D eigenvalue weighted by Crippen LogP contribution is 2.45. The zero-order valence-corrected chi connectivity index (χ0v) is 20.3. The Morgan fingerprint density at radius 1 is 1.12 bits per heavy atom. The summed E-state index contributed by atoms with van der Waals surface area (Å²) in [5.74, 6) is 0.629. The van der Waals surface area contributed by atoms with Gasteiger partial charge in [-0.3, -0.25) is 4.79 Å². The number of halogens is 1. The van der Waals surface area contributed by atoms with E-state index in [1.807, 2.05) is 11.0 Å². The van der Waals surface area contributed by atoms with Gasteiger partial charge in [0.25, 0.3) is 0 Å². The molecule has 6 rings (SSSR count). The van der Waals surface area contributed by atoms with E-state index in [1.54, 1.807) is 6.07 Å². The number of nitrogens with zero attached hydrogens (tertiary/aromatic N) is 2. The Bertz CT molecular complexity index is 1250. The highest BCUT2D eigenvalue weighted by Gasteiger charge is 2.40. The number of likely N-dealkylation sites (tertiary alicyclic amines) is 1. The number of carbonyl (C=O) groups is 1. The van der Waals surface area contributed by atoms with Crippen molar-refractivity contribution in [2.75, 3.05) is 31.1 Å². The number of amides is 1. The molecule has 1 fully saturated rings. The average molecular weight is 460 g/mol. The van der Waals surface area contributed by atoms with E-state index in [-0.39, 0.29) is 17.1 Å². The number of aromatic nitrogens is 1. The standard InChI is InChI=1S/C29H34FN3O/c1-29(2)17-27(34)33-13-9-21-14-19(15-25(29)28(21)33)4-3-10-32-11-7-20(8-12-32)24-18-31-26-6-5-22(30)16-23(24)26/h5-6,14-16,18,20,31H,3-4,7-13,17H2,1-2H3. The quantitative estimate of drug-likeness (QED) is 0.532. The van der Waals surface area contributed by atoms with Gasteiger partial charge in [-0.05, 0) is 98.1 Å². The van der Waals surface area contributed by atoms with E-state index in [0.717, 1.165) is 69.2 Å². The lowest BCUT2D eigenvalue weighted by Crippen LogP contribution is -2.40. The Morgan fingerprint density at radius 3 is 2.76 bits per heavy atom. The number of nitrogens with one attached hydrogen (secondary N) is 1. The molecule has 3 aromatic rings. The van der Waals surface area contributed by atoms with Crippen molar-refractivity contribution >= 4 is 22.5 Å². The van der Waals surface area contributed by atoms with E-state index in [4.69, 9.17) is 0 Å². The lowest BCUT2D eigenvalue weighted by Gasteiger charge is -2.37. The smallest absolute Gasteiger partial charge is 0.227 e. The van der Waals surface area contributed by atoms with E-state index >= 15 is 0 Å². The van der Waals surface area contributed by atoms with Crippen LogP contribution in [0.3, 0.4) is 0 Å². The Kier molecular flexibility index (Phi) is 5.29. The van der Waals surface area contributed by atoms with Crippen LogP contribution in [0.1, 0.15) is 67.7 Å². The molecule has 5 heteroatoms. The summed E-state index contributed by atoms with van der Waals surface area (Å²) >= 11 is 0. The number of H-pyrrole nitrogens is 1. The van der Waals surface area contributed by atoms with Crippen LogP contribution in [0, 0.1) is 5.82 Å². The summed E-state index contributed by atoms with van der Waals surface area (Å²) < 4.78 is 13.8. The molecule has 4 heterocycles. The van der Waals surface area contributed by atoms with Gasteiger partial charge < -0.3 is 14.8 Å². The van der Waals surface area contributed by atoms with Gasteiger partial charge in [0.1, 0.15) is 5.82 Å². The highest BCUT2D eigenvalue weighted by molar-refractivity contribution is 6.00. The first-order chi connectivity index (χ1) is 16.4. The second kappa shape index (κ2) is 8.23. The van der Waals surface area contributed by atoms with Gasteiger partial charge in [0.05, 0.1) is 5.69 Å². The summed E-state index contributed by atoms with van der Waals surface area (Å²) in [6.45, 7) is 8.60. The second-order valence-electron chi connectivity index (χ2n) is 11.2. The Morgan fingerprint density at radius 2 is 1.94 bits per heavy atom. The molecule has 0 spiro atoms. The fourth-order valence-corrected chi connectivity index (χ4v) is 6.52. The van der Waals surface area contributed by atoms with Crippen molar-refractivity contribution in [3.05, 3.63) is 64.6 Å². The van der Waals surface area contributed by atoms with Crippen LogP contribution in [0.15, 0.2) is 36.5 Å². The predicted molar refractivity (Wildman–Crippen MR) is 135 cm³/mol. The molecule has 0 atom stereocenters. The molecule has 1 saturated heterocycles. The third-order valence-corrected chi connectivity index (χ3v) is 8.39. The molecule has 178 valence electrons. The first-order valence-electron chi connectivity index (χ1n) is 12.8. The summed E-state index contributed by atoms with van der Waals surface area (Å²) in [5.41, 5.74) is 7.60. The van der Waals surface area contributed by atoms with Crippen molar-refractivity contribution in [2.24, 2.45) is 0 Å². The van der Waals surface area contributed by atoms with Crippen LogP contribution in [-0.4, -0.2) is 42.0 Å². The molecule has 0 bridgehead atoms. The SMILES string of the molecule is CC1(C)CC(=O)N2CCc3cc(CCCN4CCC(c5c[nH]c6ccc(F)cc56)CC4)cc1c32. The van der Waals surface area contributed by atoms with Gasteiger partial charge in [-0.2, -0.15) is 0 Å². The van der Waals surface area contributed by atoms with Crippen molar-refractivity contribution < 1.29 is 9.18 Å². The number of benzene rings is 2. The number of carbonyl (C=O) groups excluding carboxylic acids is 1. The second-order valence-corrected chi connectivity index (χ2v) is 11.2. The molecule has 4 nitrogen and oxygen atoms in total. The zero-order valence-electron chi connectivity index (χ0n) is 20.3. The van der Waals surface area contributed by atoms with Gasteiger partial charge in [-0.25, -0.2) is 4.39 Å². The number of fused-ring (bicyclic) bond motifs is 1. The molecule has 0 unspecified atom stereocenters. The van der Waals surface area contributed by atoms with Crippen LogP contribution in [-0.2, 0) is 23.1 Å². The molecular formula is C29H34FN3O. The molecule has 3 aliphatic heterocycles. The van der Waals surface area contributed by atoms with Crippen LogP contribution in [0.25, 0.3) is 10.9 Å². The van der Waals surface area contributed by atoms with Crippen molar-refractivity contribution in [1.29, 1.82) is 0 Å². The third kappa shape index (κ3) is 3.74. The Labute approximate surface area is 201 Å². The van der Waals surface area contributed by atoms with Crippen molar-refractivity contribution in [1.82, 2.24) is 9.88 Å². The summed E-state index contributed by atoms with van der Waals surface area (Å²) in [6.07, 6.45) is 8.19. The number of hydrogen-bond acceptors (Lipinski definition) is 2. The minimum Gasteiger partial charge on any atom is -0.361 e. The molecular weight excluding hydrogens is 425 g/mol. The fourth-order valence-electron chi connectivity index (χ4n) is 6.52. The largest absolute Gasteiger partial charge is 0.361 e. The summed E-state index contributed by atoms with van der Waals surface area (Å²) in [7, 11) is 0. The number of piperidine rings is 1. The van der Waals surface area contributed by atoms with Gasteiger partial charge in [-0.15, -0.1) is 0 Å². The van der Waals surface area contributed by atoms with Crippen LogP contribution in [0.5, 0.6) is 0 Å². The van der Waals surface area contributed by atoms with Crippen molar-refractivity contribution in [3.8, 4) is 0 Å². The Hall–Kier alpha value is -2.66. The van der Waals surface area contributed by atoms with E-state index in [2.05, 4.69) is 42.1 Å². The molecule has 0 saturated carbocycles. The highest BCUT2D eigenvalue weighted by atomic mass is 19.1. The lowest BCUT2D eigenvalue weighted by molar-refractivity contribution is -0.120. The summed E-state index contributed by atoms with van der Waals surface area (Å²) in [5, 5.41) is 1.04. The topological polar surface area (TPSA) is 39.3 Å². The number of anilines is 1. The van der Waals surface area contributed by atoms with Crippen LogP contribution >= 0.6 is 0 Å². The zero-order chi connectivity index (χ0) is 23.4. The molecule has 1 amide bonds. The van der Waals surface area contributed by atoms with E-state index in [9.17, 15) is 9.18 Å². The van der Waals surface area contributed by atoms with E-state index < -0.39 is 0 Å². The summed E-state index contributed by atoms with van der Waals surface area (Å²) in [4.78, 5) is 20.5. The fraction of sp³-hybridized carbons (Fsp3) is 0.483. The maximum atomic E-state index is 13.8. The van der Waals surface area contributed by atoms with Gasteiger partial charge in [0.2, 0.25) is 5.91 Å². The van der Waals surface area contributed by atoms with Gasteiger partial charge in [0.15, 0.2) is 0 Å². The molecule has 1 N–H and O–H groups in total. The number of hydrogen-bond donors (Lipinski definition) is 1. The molecule has 3 aliphatic rings. The van der Waals surface area contributed by atoms with Crippen LogP contribution < -0.4 is 4.90 Å². The van der Waals surface area contributed by atoms with Crippen LogP contribution in [0.2, 0.25) is 0 Å². The van der Waals surface area contributed by atoms with Crippen molar-refractivity contribution in [2.45, 2.75) is 63.7 Å². The van der Waals surface area contributed by atoms with Crippen molar-refractivity contribution in [3.63, 3.8) is 0 Å². The lowest BCUT2D eigenvalue weighted by atomic mass is 9.76. The van der Waals surface area contributed by atoms with Crippen LogP contribution in [0.4, 0.5) is 10.1 Å². The van der Waals surface area contributed by atoms with Gasteiger partial charge >= 0.3 is 0 Å². The normalized spacial score (nSPS) is 20.3. The molecule has 2 aromatic carbocycles. The predicted octanol–water partition coefficient (Wildman–Crippen LogP) is 5.69. The van der Waals surface area contributed by atoms with E-state index in [0.29, 0.717) is 12.3 Å². The third-order valence-electron chi connectivity index (χ3n) is 8.39. The molecule has 34 heavy (non-hydrogen) atoms. The average Bonchev–Trinajstić information content (AvgIpc) is 3.42. The maximum Gasteiger partial charge on any atom is 0.227 e. The summed E-state index contributed by atoms with van der Waals surface area (Å²) in [6, 6.07) is 9.78. The monoisotopic (exact) mass is 459 g/mol. The first kappa shape index (κ1) is 21.8. The molecule has 0 radical (unpaired) electrons. The number of aromatic amines is 1. The number of aryl methyl sites for hydroxylation is 1. The molecule has 0 aliphatic carbocycles. The van der Waals surface area contributed by atoms with Gasteiger partial charge in [0, 0.05) is 35.5 Å². The minimum absolute atomic E-state index is 0.0782. The first-order valence-corrected chi connectivity index (χ1v) is 12.8. The minimum atomic E-state index is -0.158. The Balaban J connectivity index is 1.07. The molecule has 1 aromatic heterocycles. The van der Waals surface area contributed by atoms with Gasteiger partial charge in [-0.1, -0.05) is 26.0 Å².